The highest BCUT2D eigenvalue weighted by Gasteiger charge is 2.39. The standard InChI is InChI=1S/C17H24ClN3O3.ClH/c1-3-8-20-15(22)13-5-4-12(11-14(13)18)21-16(23)17(24-2)6-9-19-10-7-17;/h4-5,11,19H,3,6-10H2,1-2H3,(H,20,22)(H,21,23);1H. The number of halogens is 2. The summed E-state index contributed by atoms with van der Waals surface area (Å²) in [6, 6.07) is 4.88. The number of amides is 2. The average molecular weight is 390 g/mol. The number of rotatable bonds is 6. The van der Waals surface area contributed by atoms with E-state index in [4.69, 9.17) is 16.3 Å². The first-order chi connectivity index (χ1) is 11.5. The summed E-state index contributed by atoms with van der Waals surface area (Å²) in [4.78, 5) is 24.6. The van der Waals surface area contributed by atoms with Gasteiger partial charge in [0.25, 0.3) is 11.8 Å². The summed E-state index contributed by atoms with van der Waals surface area (Å²) in [5.74, 6) is -0.405. The van der Waals surface area contributed by atoms with Gasteiger partial charge in [0.05, 0.1) is 10.6 Å². The number of nitrogens with one attached hydrogen (secondary N) is 3. The second-order valence-corrected chi connectivity index (χ2v) is 6.26. The van der Waals surface area contributed by atoms with Gasteiger partial charge >= 0.3 is 0 Å². The van der Waals surface area contributed by atoms with Crippen molar-refractivity contribution in [2.45, 2.75) is 31.8 Å². The monoisotopic (exact) mass is 389 g/mol. The highest BCUT2D eigenvalue weighted by atomic mass is 35.5. The Morgan fingerprint density at radius 1 is 1.32 bits per heavy atom. The highest BCUT2D eigenvalue weighted by Crippen LogP contribution is 2.26. The summed E-state index contributed by atoms with van der Waals surface area (Å²) >= 11 is 6.19. The lowest BCUT2D eigenvalue weighted by Gasteiger charge is -2.34. The number of ether oxygens (including phenoxy) is 1. The second kappa shape index (κ2) is 9.97. The lowest BCUT2D eigenvalue weighted by atomic mass is 9.91. The summed E-state index contributed by atoms with van der Waals surface area (Å²) in [7, 11) is 1.55. The number of methoxy groups -OCH3 is 1. The smallest absolute Gasteiger partial charge is 0.256 e. The van der Waals surface area contributed by atoms with E-state index >= 15 is 0 Å². The van der Waals surface area contributed by atoms with Gasteiger partial charge in [-0.25, -0.2) is 0 Å². The first kappa shape index (κ1) is 21.7. The number of piperidine rings is 1. The zero-order chi connectivity index (χ0) is 17.6. The molecule has 1 aliphatic heterocycles. The van der Waals surface area contributed by atoms with Crippen LogP contribution in [0.3, 0.4) is 0 Å². The lowest BCUT2D eigenvalue weighted by Crippen LogP contribution is -2.51. The molecule has 3 N–H and O–H groups in total. The molecule has 0 aliphatic carbocycles. The normalized spacial score (nSPS) is 15.8. The number of hydrogen-bond donors (Lipinski definition) is 3. The Bertz CT molecular complexity index is 605. The van der Waals surface area contributed by atoms with Crippen molar-refractivity contribution in [3.05, 3.63) is 28.8 Å². The molecule has 0 unspecified atom stereocenters. The predicted octanol–water partition coefficient (Wildman–Crippen LogP) is 2.61. The Morgan fingerprint density at radius 3 is 2.56 bits per heavy atom. The number of anilines is 1. The summed E-state index contributed by atoms with van der Waals surface area (Å²) in [5.41, 5.74) is 0.118. The Kier molecular flexibility index (Phi) is 8.65. The molecular weight excluding hydrogens is 365 g/mol. The molecule has 2 rings (SSSR count). The van der Waals surface area contributed by atoms with Crippen LogP contribution in [0.5, 0.6) is 0 Å². The van der Waals surface area contributed by atoms with Crippen LogP contribution in [-0.2, 0) is 9.53 Å². The molecule has 1 fully saturated rings. The highest BCUT2D eigenvalue weighted by molar-refractivity contribution is 6.34. The third-order valence-electron chi connectivity index (χ3n) is 4.22. The van der Waals surface area contributed by atoms with Crippen molar-refractivity contribution >= 4 is 41.5 Å². The van der Waals surface area contributed by atoms with Crippen LogP contribution in [0.25, 0.3) is 0 Å². The van der Waals surface area contributed by atoms with E-state index in [0.717, 1.165) is 19.5 Å². The Labute approximate surface area is 159 Å². The fourth-order valence-corrected chi connectivity index (χ4v) is 2.98. The van der Waals surface area contributed by atoms with Crippen LogP contribution in [-0.4, -0.2) is 44.2 Å². The fraction of sp³-hybridized carbons (Fsp3) is 0.529. The van der Waals surface area contributed by atoms with Crippen LogP contribution in [0.4, 0.5) is 5.69 Å². The maximum atomic E-state index is 12.6. The predicted molar refractivity (Wildman–Crippen MR) is 102 cm³/mol. The largest absolute Gasteiger partial charge is 0.368 e. The van der Waals surface area contributed by atoms with Crippen LogP contribution in [0, 0.1) is 0 Å². The quantitative estimate of drug-likeness (QED) is 0.698. The van der Waals surface area contributed by atoms with Crippen molar-refractivity contribution in [2.75, 3.05) is 32.1 Å². The molecule has 6 nitrogen and oxygen atoms in total. The summed E-state index contributed by atoms with van der Waals surface area (Å²) in [5, 5.41) is 9.14. The fourth-order valence-electron chi connectivity index (χ4n) is 2.71. The van der Waals surface area contributed by atoms with Gasteiger partial charge in [0.15, 0.2) is 0 Å². The van der Waals surface area contributed by atoms with Crippen molar-refractivity contribution in [1.82, 2.24) is 10.6 Å². The van der Waals surface area contributed by atoms with Gasteiger partial charge in [0, 0.05) is 19.3 Å². The van der Waals surface area contributed by atoms with E-state index in [2.05, 4.69) is 16.0 Å². The van der Waals surface area contributed by atoms with E-state index in [9.17, 15) is 9.59 Å². The van der Waals surface area contributed by atoms with E-state index in [1.165, 1.54) is 0 Å². The van der Waals surface area contributed by atoms with Crippen LogP contribution in [0.1, 0.15) is 36.5 Å². The molecule has 1 heterocycles. The second-order valence-electron chi connectivity index (χ2n) is 5.85. The molecule has 8 heteroatoms. The van der Waals surface area contributed by atoms with Gasteiger partial charge in [0.2, 0.25) is 0 Å². The van der Waals surface area contributed by atoms with E-state index in [1.54, 1.807) is 25.3 Å². The van der Waals surface area contributed by atoms with Gasteiger partial charge in [0.1, 0.15) is 5.60 Å². The Balaban J connectivity index is 0.00000312. The number of carbonyl (C=O) groups is 2. The van der Waals surface area contributed by atoms with E-state index < -0.39 is 5.60 Å². The maximum Gasteiger partial charge on any atom is 0.256 e. The SMILES string of the molecule is CCCNC(=O)c1ccc(NC(=O)C2(OC)CCNCC2)cc1Cl.Cl. The van der Waals surface area contributed by atoms with Gasteiger partial charge in [-0.15, -0.1) is 12.4 Å². The van der Waals surface area contributed by atoms with Crippen LogP contribution >= 0.6 is 24.0 Å². The van der Waals surface area contributed by atoms with E-state index in [-0.39, 0.29) is 24.2 Å². The van der Waals surface area contributed by atoms with Gasteiger partial charge in [-0.1, -0.05) is 18.5 Å². The van der Waals surface area contributed by atoms with E-state index in [1.807, 2.05) is 6.92 Å². The summed E-state index contributed by atoms with van der Waals surface area (Å²) in [6.07, 6.45) is 2.08. The Morgan fingerprint density at radius 2 is 2.00 bits per heavy atom. The van der Waals surface area contributed by atoms with Crippen molar-refractivity contribution in [3.63, 3.8) is 0 Å². The first-order valence-electron chi connectivity index (χ1n) is 8.17. The van der Waals surface area contributed by atoms with Crippen molar-refractivity contribution < 1.29 is 14.3 Å². The van der Waals surface area contributed by atoms with Gasteiger partial charge < -0.3 is 20.7 Å². The first-order valence-corrected chi connectivity index (χ1v) is 8.55. The van der Waals surface area contributed by atoms with Crippen molar-refractivity contribution in [2.24, 2.45) is 0 Å². The third-order valence-corrected chi connectivity index (χ3v) is 4.54. The van der Waals surface area contributed by atoms with E-state index in [0.29, 0.717) is 35.7 Å². The van der Waals surface area contributed by atoms with Crippen LogP contribution in [0.2, 0.25) is 5.02 Å². The molecule has 1 aliphatic rings. The minimum atomic E-state index is -0.825. The molecule has 0 radical (unpaired) electrons. The third kappa shape index (κ3) is 5.31. The molecule has 0 atom stereocenters. The van der Waals surface area contributed by atoms with Gasteiger partial charge in [-0.2, -0.15) is 0 Å². The molecule has 0 bridgehead atoms. The summed E-state index contributed by atoms with van der Waals surface area (Å²) in [6.45, 7) is 4.04. The molecule has 140 valence electrons. The molecule has 0 spiro atoms. The lowest BCUT2D eigenvalue weighted by molar-refractivity contribution is -0.140. The molecule has 1 aromatic rings. The van der Waals surface area contributed by atoms with Gasteiger partial charge in [-0.3, -0.25) is 9.59 Å². The van der Waals surface area contributed by atoms with Crippen molar-refractivity contribution in [1.29, 1.82) is 0 Å². The molecular formula is C17H25Cl2N3O3. The number of carbonyl (C=O) groups excluding carboxylic acids is 2. The number of hydrogen-bond acceptors (Lipinski definition) is 4. The maximum absolute atomic E-state index is 12.6. The average Bonchev–Trinajstić information content (AvgIpc) is 2.60. The molecule has 0 saturated carbocycles. The zero-order valence-electron chi connectivity index (χ0n) is 14.5. The topological polar surface area (TPSA) is 79.5 Å². The molecule has 1 saturated heterocycles. The molecule has 25 heavy (non-hydrogen) atoms. The minimum absolute atomic E-state index is 0. The molecule has 2 amide bonds. The summed E-state index contributed by atoms with van der Waals surface area (Å²) < 4.78 is 5.50. The molecule has 0 aromatic heterocycles. The number of benzene rings is 1. The van der Waals surface area contributed by atoms with Crippen molar-refractivity contribution in [3.8, 4) is 0 Å². The van der Waals surface area contributed by atoms with Crippen LogP contribution in [0.15, 0.2) is 18.2 Å². The molecule has 1 aromatic carbocycles. The Hall–Kier alpha value is -1.34. The van der Waals surface area contributed by atoms with Crippen LogP contribution < -0.4 is 16.0 Å². The zero-order valence-corrected chi connectivity index (χ0v) is 16.1. The van der Waals surface area contributed by atoms with Gasteiger partial charge in [-0.05, 0) is 50.6 Å². The minimum Gasteiger partial charge on any atom is -0.368 e.